The summed E-state index contributed by atoms with van der Waals surface area (Å²) in [6.07, 6.45) is 7.57. The van der Waals surface area contributed by atoms with Crippen molar-refractivity contribution >= 4 is 0 Å². The lowest BCUT2D eigenvalue weighted by Crippen LogP contribution is -2.14. The maximum atomic E-state index is 6.13. The van der Waals surface area contributed by atoms with E-state index >= 15 is 0 Å². The first-order valence-corrected chi connectivity index (χ1v) is 7.51. The third-order valence-electron chi connectivity index (χ3n) is 4.21. The molecule has 1 aromatic rings. The van der Waals surface area contributed by atoms with Gasteiger partial charge in [0.2, 0.25) is 0 Å². The van der Waals surface area contributed by atoms with Gasteiger partial charge in [-0.05, 0) is 38.5 Å². The summed E-state index contributed by atoms with van der Waals surface area (Å²) in [5.74, 6) is 0.834. The van der Waals surface area contributed by atoms with Crippen LogP contribution in [0.15, 0.2) is 0 Å². The first-order chi connectivity index (χ1) is 8.67. The molecule has 1 aromatic heterocycles. The maximum absolute atomic E-state index is 6.13. The number of rotatable bonds is 5. The van der Waals surface area contributed by atoms with Crippen molar-refractivity contribution in [2.45, 2.75) is 71.9 Å². The molecule has 0 aliphatic heterocycles. The molecule has 1 atom stereocenters. The fraction of sp³-hybridized carbons (Fsp3) is 0.800. The van der Waals surface area contributed by atoms with Gasteiger partial charge in [0.25, 0.3) is 0 Å². The molecule has 102 valence electrons. The molecule has 0 radical (unpaired) electrons. The Morgan fingerprint density at radius 3 is 2.44 bits per heavy atom. The molecule has 3 nitrogen and oxygen atoms in total. The van der Waals surface area contributed by atoms with E-state index in [1.807, 2.05) is 0 Å². The lowest BCUT2D eigenvalue weighted by molar-refractivity contribution is 0.417. The molecule has 0 spiro atoms. The Morgan fingerprint density at radius 2 is 1.94 bits per heavy atom. The van der Waals surface area contributed by atoms with E-state index in [1.54, 1.807) is 0 Å². The maximum Gasteiger partial charge on any atom is 0.0672 e. The fourth-order valence-corrected chi connectivity index (χ4v) is 3.31. The summed E-state index contributed by atoms with van der Waals surface area (Å²) in [6, 6.07) is 0.104. The summed E-state index contributed by atoms with van der Waals surface area (Å²) in [7, 11) is 0. The number of aryl methyl sites for hydroxylation is 1. The molecule has 1 aliphatic rings. The Kier molecular flexibility index (Phi) is 4.44. The highest BCUT2D eigenvalue weighted by molar-refractivity contribution is 5.29. The zero-order chi connectivity index (χ0) is 13.1. The average Bonchev–Trinajstić information content (AvgIpc) is 2.96. The van der Waals surface area contributed by atoms with Gasteiger partial charge in [0.1, 0.15) is 0 Å². The van der Waals surface area contributed by atoms with Crippen molar-refractivity contribution in [2.24, 2.45) is 11.7 Å². The Labute approximate surface area is 111 Å². The van der Waals surface area contributed by atoms with Crippen molar-refractivity contribution in [1.29, 1.82) is 0 Å². The Balaban J connectivity index is 2.28. The van der Waals surface area contributed by atoms with Gasteiger partial charge in [-0.1, -0.05) is 26.7 Å². The number of nitrogens with two attached hydrogens (primary N) is 1. The minimum Gasteiger partial charge on any atom is -0.324 e. The molecule has 0 bridgehead atoms. The minimum absolute atomic E-state index is 0.104. The van der Waals surface area contributed by atoms with Crippen LogP contribution in [0.1, 0.15) is 69.4 Å². The largest absolute Gasteiger partial charge is 0.324 e. The highest BCUT2D eigenvalue weighted by Crippen LogP contribution is 2.28. The topological polar surface area (TPSA) is 43.8 Å². The summed E-state index contributed by atoms with van der Waals surface area (Å²) in [5, 5.41) is 4.82. The Hall–Kier alpha value is -0.830. The monoisotopic (exact) mass is 249 g/mol. The van der Waals surface area contributed by atoms with Crippen LogP contribution in [0.3, 0.4) is 0 Å². The second-order valence-electron chi connectivity index (χ2n) is 5.64. The van der Waals surface area contributed by atoms with Crippen molar-refractivity contribution in [3.05, 3.63) is 17.0 Å². The van der Waals surface area contributed by atoms with Crippen molar-refractivity contribution in [3.8, 4) is 0 Å². The van der Waals surface area contributed by atoms with E-state index < -0.39 is 0 Å². The molecule has 0 aromatic carbocycles. The number of hydrogen-bond acceptors (Lipinski definition) is 2. The van der Waals surface area contributed by atoms with Crippen LogP contribution < -0.4 is 5.73 Å². The van der Waals surface area contributed by atoms with E-state index in [4.69, 9.17) is 10.8 Å². The van der Waals surface area contributed by atoms with Gasteiger partial charge in [-0.15, -0.1) is 0 Å². The highest BCUT2D eigenvalue weighted by atomic mass is 15.3. The second-order valence-corrected chi connectivity index (χ2v) is 5.64. The summed E-state index contributed by atoms with van der Waals surface area (Å²) < 4.78 is 2.26. The molecule has 1 saturated carbocycles. The number of aromatic nitrogens is 2. The predicted molar refractivity (Wildman–Crippen MR) is 75.5 cm³/mol. The normalized spacial score (nSPS) is 18.4. The molecule has 3 heteroatoms. The van der Waals surface area contributed by atoms with Gasteiger partial charge in [-0.25, -0.2) is 0 Å². The van der Waals surface area contributed by atoms with E-state index in [0.29, 0.717) is 0 Å². The number of hydrogen-bond donors (Lipinski definition) is 1. The quantitative estimate of drug-likeness (QED) is 0.870. The van der Waals surface area contributed by atoms with E-state index in [-0.39, 0.29) is 6.04 Å². The second kappa shape index (κ2) is 5.87. The van der Waals surface area contributed by atoms with E-state index in [9.17, 15) is 0 Å². The molecule has 0 saturated heterocycles. The fourth-order valence-electron chi connectivity index (χ4n) is 3.31. The lowest BCUT2D eigenvalue weighted by atomic mass is 10.0. The minimum atomic E-state index is 0.104. The third kappa shape index (κ3) is 2.61. The van der Waals surface area contributed by atoms with Crippen molar-refractivity contribution < 1.29 is 0 Å². The molecule has 1 aliphatic carbocycles. The van der Waals surface area contributed by atoms with E-state index in [2.05, 4.69) is 25.5 Å². The van der Waals surface area contributed by atoms with Gasteiger partial charge >= 0.3 is 0 Å². The van der Waals surface area contributed by atoms with Crippen LogP contribution in [0, 0.1) is 5.92 Å². The molecular weight excluding hydrogens is 222 g/mol. The molecule has 2 rings (SSSR count). The SMILES string of the molecule is CCc1nn(CC2CCCC2)c(CC)c1C(C)N. The first-order valence-electron chi connectivity index (χ1n) is 7.51. The van der Waals surface area contributed by atoms with Gasteiger partial charge in [0, 0.05) is 23.8 Å². The zero-order valence-electron chi connectivity index (χ0n) is 12.1. The van der Waals surface area contributed by atoms with Crippen molar-refractivity contribution in [2.75, 3.05) is 0 Å². The molecule has 1 fully saturated rings. The molecule has 2 N–H and O–H groups in total. The molecule has 1 heterocycles. The van der Waals surface area contributed by atoms with Gasteiger partial charge in [-0.3, -0.25) is 4.68 Å². The van der Waals surface area contributed by atoms with E-state index in [1.165, 1.54) is 42.6 Å². The van der Waals surface area contributed by atoms with Crippen LogP contribution >= 0.6 is 0 Å². The van der Waals surface area contributed by atoms with Crippen LogP contribution in [0.25, 0.3) is 0 Å². The van der Waals surface area contributed by atoms with Crippen molar-refractivity contribution in [3.63, 3.8) is 0 Å². The van der Waals surface area contributed by atoms with E-state index in [0.717, 1.165) is 25.3 Å². The summed E-state index contributed by atoms with van der Waals surface area (Å²) in [6.45, 7) is 7.57. The van der Waals surface area contributed by atoms with Crippen LogP contribution in [-0.4, -0.2) is 9.78 Å². The number of nitrogens with zero attached hydrogens (tertiary/aromatic N) is 2. The van der Waals surface area contributed by atoms with Crippen LogP contribution in [0.5, 0.6) is 0 Å². The summed E-state index contributed by atoms with van der Waals surface area (Å²) >= 11 is 0. The first kappa shape index (κ1) is 13.6. The smallest absolute Gasteiger partial charge is 0.0672 e. The molecular formula is C15H27N3. The van der Waals surface area contributed by atoms with Gasteiger partial charge in [0.15, 0.2) is 0 Å². The van der Waals surface area contributed by atoms with Crippen LogP contribution in [-0.2, 0) is 19.4 Å². The van der Waals surface area contributed by atoms with Gasteiger partial charge in [0.05, 0.1) is 5.69 Å². The third-order valence-corrected chi connectivity index (χ3v) is 4.21. The molecule has 1 unspecified atom stereocenters. The zero-order valence-corrected chi connectivity index (χ0v) is 12.1. The summed E-state index contributed by atoms with van der Waals surface area (Å²) in [4.78, 5) is 0. The lowest BCUT2D eigenvalue weighted by Gasteiger charge is -2.13. The van der Waals surface area contributed by atoms with Gasteiger partial charge in [-0.2, -0.15) is 5.10 Å². The van der Waals surface area contributed by atoms with Crippen molar-refractivity contribution in [1.82, 2.24) is 9.78 Å². The Morgan fingerprint density at radius 1 is 1.28 bits per heavy atom. The van der Waals surface area contributed by atoms with Gasteiger partial charge < -0.3 is 5.73 Å². The summed E-state index contributed by atoms with van der Waals surface area (Å²) in [5.41, 5.74) is 10.0. The Bertz CT molecular complexity index is 387. The van der Waals surface area contributed by atoms with Crippen LogP contribution in [0.2, 0.25) is 0 Å². The molecule has 18 heavy (non-hydrogen) atoms. The molecule has 0 amide bonds. The highest BCUT2D eigenvalue weighted by Gasteiger charge is 2.22. The van der Waals surface area contributed by atoms with Crippen LogP contribution in [0.4, 0.5) is 0 Å². The average molecular weight is 249 g/mol. The standard InChI is InChI=1S/C15H27N3/c1-4-13-15(11(3)16)14(5-2)18(17-13)10-12-8-6-7-9-12/h11-12H,4-10,16H2,1-3H3. The predicted octanol–water partition coefficient (Wildman–Crippen LogP) is 3.22.